The molecular weight excluding hydrogens is 294 g/mol. The highest BCUT2D eigenvalue weighted by Crippen LogP contribution is 2.09. The highest BCUT2D eigenvalue weighted by atomic mass is 16.5. The van der Waals surface area contributed by atoms with Gasteiger partial charge in [0.2, 0.25) is 0 Å². The number of nitrogens with one attached hydrogen (secondary N) is 3. The van der Waals surface area contributed by atoms with Crippen molar-refractivity contribution in [1.29, 1.82) is 0 Å². The number of amides is 2. The molecule has 2 rings (SSSR count). The van der Waals surface area contributed by atoms with Crippen molar-refractivity contribution >= 4 is 11.8 Å². The minimum atomic E-state index is -0.137. The summed E-state index contributed by atoms with van der Waals surface area (Å²) >= 11 is 0. The summed E-state index contributed by atoms with van der Waals surface area (Å²) in [6.07, 6.45) is 2.24. The number of carbonyl (C=O) groups excluding carboxylic acids is 1. The molecule has 7 heteroatoms. The first-order valence-corrected chi connectivity index (χ1v) is 8.18. The number of carbonyl (C=O) groups is 1. The molecular formula is C16H27N5O2. The second-order valence-electron chi connectivity index (χ2n) is 5.84. The van der Waals surface area contributed by atoms with E-state index in [4.69, 9.17) is 4.74 Å². The molecule has 1 aliphatic heterocycles. The number of urea groups is 1. The van der Waals surface area contributed by atoms with E-state index in [9.17, 15) is 4.79 Å². The highest BCUT2D eigenvalue weighted by Gasteiger charge is 2.21. The van der Waals surface area contributed by atoms with Crippen LogP contribution in [0.15, 0.2) is 24.4 Å². The van der Waals surface area contributed by atoms with Crippen LogP contribution in [0, 0.1) is 0 Å². The van der Waals surface area contributed by atoms with E-state index in [1.807, 2.05) is 18.2 Å². The van der Waals surface area contributed by atoms with Crippen molar-refractivity contribution in [3.05, 3.63) is 24.4 Å². The molecule has 1 saturated heterocycles. The zero-order valence-electron chi connectivity index (χ0n) is 13.9. The van der Waals surface area contributed by atoms with Crippen molar-refractivity contribution in [3.8, 4) is 0 Å². The Labute approximate surface area is 137 Å². The third kappa shape index (κ3) is 6.83. The van der Waals surface area contributed by atoms with Gasteiger partial charge in [-0.25, -0.2) is 9.78 Å². The average molecular weight is 321 g/mol. The Morgan fingerprint density at radius 3 is 2.65 bits per heavy atom. The average Bonchev–Trinajstić information content (AvgIpc) is 2.52. The number of anilines is 1. The largest absolute Gasteiger partial charge is 0.373 e. The first kappa shape index (κ1) is 17.5. The number of hydrogen-bond donors (Lipinski definition) is 3. The lowest BCUT2D eigenvalue weighted by Crippen LogP contribution is -2.48. The third-order valence-corrected chi connectivity index (χ3v) is 3.59. The number of rotatable bonds is 7. The molecule has 128 valence electrons. The van der Waals surface area contributed by atoms with Gasteiger partial charge in [0, 0.05) is 45.5 Å². The van der Waals surface area contributed by atoms with Gasteiger partial charge < -0.3 is 20.7 Å². The highest BCUT2D eigenvalue weighted by molar-refractivity contribution is 5.73. The molecule has 1 aromatic rings. The topological polar surface area (TPSA) is 78.5 Å². The predicted octanol–water partition coefficient (Wildman–Crippen LogP) is 0.902. The van der Waals surface area contributed by atoms with Crippen LogP contribution in [0.4, 0.5) is 10.6 Å². The third-order valence-electron chi connectivity index (χ3n) is 3.59. The van der Waals surface area contributed by atoms with Crippen LogP contribution in [0.25, 0.3) is 0 Å². The molecule has 0 unspecified atom stereocenters. The number of ether oxygens (including phenoxy) is 1. The Kier molecular flexibility index (Phi) is 7.09. The van der Waals surface area contributed by atoms with Gasteiger partial charge >= 0.3 is 6.03 Å². The van der Waals surface area contributed by atoms with E-state index in [1.165, 1.54) is 0 Å². The van der Waals surface area contributed by atoms with Crippen molar-refractivity contribution in [2.24, 2.45) is 0 Å². The molecule has 23 heavy (non-hydrogen) atoms. The second-order valence-corrected chi connectivity index (χ2v) is 5.84. The van der Waals surface area contributed by atoms with Gasteiger partial charge in [-0.15, -0.1) is 0 Å². The van der Waals surface area contributed by atoms with Crippen molar-refractivity contribution in [1.82, 2.24) is 20.5 Å². The van der Waals surface area contributed by atoms with Crippen LogP contribution in [-0.4, -0.2) is 67.4 Å². The molecule has 0 radical (unpaired) electrons. The maximum Gasteiger partial charge on any atom is 0.314 e. The van der Waals surface area contributed by atoms with Crippen LogP contribution in [0.1, 0.15) is 13.8 Å². The SMILES string of the molecule is C[C@@H]1CN(CCNC(=O)NCCNc2ccccn2)C[C@H](C)O1. The molecule has 3 N–H and O–H groups in total. The monoisotopic (exact) mass is 321 g/mol. The van der Waals surface area contributed by atoms with Crippen LogP contribution in [-0.2, 0) is 4.74 Å². The van der Waals surface area contributed by atoms with Gasteiger partial charge in [0.25, 0.3) is 0 Å². The zero-order valence-corrected chi connectivity index (χ0v) is 13.9. The maximum absolute atomic E-state index is 11.7. The van der Waals surface area contributed by atoms with Gasteiger partial charge in [-0.3, -0.25) is 4.90 Å². The van der Waals surface area contributed by atoms with Gasteiger partial charge in [-0.1, -0.05) is 6.07 Å². The summed E-state index contributed by atoms with van der Waals surface area (Å²) < 4.78 is 5.69. The van der Waals surface area contributed by atoms with E-state index in [0.29, 0.717) is 19.6 Å². The second kappa shape index (κ2) is 9.32. The number of morpholine rings is 1. The van der Waals surface area contributed by atoms with E-state index in [2.05, 4.69) is 39.7 Å². The molecule has 1 fully saturated rings. The fraction of sp³-hybridized carbons (Fsp3) is 0.625. The van der Waals surface area contributed by atoms with Gasteiger partial charge in [0.05, 0.1) is 12.2 Å². The summed E-state index contributed by atoms with van der Waals surface area (Å²) in [6.45, 7) is 8.67. The normalized spacial score (nSPS) is 21.7. The van der Waals surface area contributed by atoms with E-state index in [0.717, 1.165) is 25.5 Å². The first-order valence-electron chi connectivity index (χ1n) is 8.18. The molecule has 0 aromatic carbocycles. The van der Waals surface area contributed by atoms with E-state index < -0.39 is 0 Å². The van der Waals surface area contributed by atoms with Crippen LogP contribution in [0.2, 0.25) is 0 Å². The smallest absolute Gasteiger partial charge is 0.314 e. The lowest BCUT2D eigenvalue weighted by Gasteiger charge is -2.35. The lowest BCUT2D eigenvalue weighted by molar-refractivity contribution is -0.0672. The predicted molar refractivity (Wildman–Crippen MR) is 90.6 cm³/mol. The minimum Gasteiger partial charge on any atom is -0.373 e. The van der Waals surface area contributed by atoms with Gasteiger partial charge in [-0.2, -0.15) is 0 Å². The van der Waals surface area contributed by atoms with Crippen molar-refractivity contribution in [3.63, 3.8) is 0 Å². The quantitative estimate of drug-likeness (QED) is 0.651. The minimum absolute atomic E-state index is 0.137. The maximum atomic E-state index is 11.7. The van der Waals surface area contributed by atoms with Crippen LogP contribution in [0.3, 0.4) is 0 Å². The summed E-state index contributed by atoms with van der Waals surface area (Å²) in [5, 5.41) is 8.85. The molecule has 0 bridgehead atoms. The Morgan fingerprint density at radius 1 is 1.22 bits per heavy atom. The number of aromatic nitrogens is 1. The summed E-state index contributed by atoms with van der Waals surface area (Å²) in [7, 11) is 0. The molecule has 0 spiro atoms. The number of nitrogens with zero attached hydrogens (tertiary/aromatic N) is 2. The van der Waals surface area contributed by atoms with Gasteiger partial charge in [-0.05, 0) is 26.0 Å². The van der Waals surface area contributed by atoms with Crippen molar-refractivity contribution in [2.45, 2.75) is 26.1 Å². The van der Waals surface area contributed by atoms with E-state index in [1.54, 1.807) is 6.20 Å². The summed E-state index contributed by atoms with van der Waals surface area (Å²) in [5.41, 5.74) is 0. The van der Waals surface area contributed by atoms with E-state index in [-0.39, 0.29) is 18.2 Å². The summed E-state index contributed by atoms with van der Waals surface area (Å²) in [5.74, 6) is 0.810. The molecule has 0 saturated carbocycles. The number of hydrogen-bond acceptors (Lipinski definition) is 5. The Morgan fingerprint density at radius 2 is 1.96 bits per heavy atom. The van der Waals surface area contributed by atoms with Gasteiger partial charge in [0.1, 0.15) is 5.82 Å². The van der Waals surface area contributed by atoms with Gasteiger partial charge in [0.15, 0.2) is 0 Å². The van der Waals surface area contributed by atoms with Crippen LogP contribution in [0.5, 0.6) is 0 Å². The summed E-state index contributed by atoms with van der Waals surface area (Å²) in [6, 6.07) is 5.54. The molecule has 2 atom stereocenters. The van der Waals surface area contributed by atoms with E-state index >= 15 is 0 Å². The Hall–Kier alpha value is -1.86. The van der Waals surface area contributed by atoms with Crippen molar-refractivity contribution in [2.75, 3.05) is 44.6 Å². The standard InChI is InChI=1S/C16H27N5O2/c1-13-11-21(12-14(2)23-13)10-9-20-16(22)19-8-7-18-15-5-3-4-6-17-15/h3-6,13-14H,7-12H2,1-2H3,(H,17,18)(H2,19,20,22)/t13-,14+. The molecule has 2 amide bonds. The molecule has 1 aliphatic rings. The number of pyridine rings is 1. The van der Waals surface area contributed by atoms with Crippen LogP contribution < -0.4 is 16.0 Å². The zero-order chi connectivity index (χ0) is 16.5. The molecule has 2 heterocycles. The fourth-order valence-corrected chi connectivity index (χ4v) is 2.69. The Bertz CT molecular complexity index is 461. The molecule has 7 nitrogen and oxygen atoms in total. The fourth-order valence-electron chi connectivity index (χ4n) is 2.69. The summed E-state index contributed by atoms with van der Waals surface area (Å²) in [4.78, 5) is 18.2. The lowest BCUT2D eigenvalue weighted by atomic mass is 10.2. The van der Waals surface area contributed by atoms with Crippen molar-refractivity contribution < 1.29 is 9.53 Å². The Balaban J connectivity index is 1.51. The first-order chi connectivity index (χ1) is 11.1. The molecule has 1 aromatic heterocycles. The van der Waals surface area contributed by atoms with Crippen LogP contribution >= 0.6 is 0 Å². The molecule has 0 aliphatic carbocycles.